The van der Waals surface area contributed by atoms with Crippen molar-refractivity contribution in [2.45, 2.75) is 40.3 Å². The maximum absolute atomic E-state index is 11.7. The second-order valence-electron chi connectivity index (χ2n) is 2.58. The zero-order chi connectivity index (χ0) is 12.5. The highest BCUT2D eigenvalue weighted by molar-refractivity contribution is 5.02. The van der Waals surface area contributed by atoms with Crippen LogP contribution in [0.1, 0.15) is 39.8 Å². The Kier molecular flexibility index (Phi) is 9.11. The minimum absolute atomic E-state index is 0.852. The van der Waals surface area contributed by atoms with Crippen LogP contribution < -0.4 is 0 Å². The summed E-state index contributed by atoms with van der Waals surface area (Å²) in [5.41, 5.74) is -0.852. The minimum Gasteiger partial charge on any atom is -0.275 e. The van der Waals surface area contributed by atoms with E-state index in [1.807, 2.05) is 13.8 Å². The minimum atomic E-state index is -4.32. The second kappa shape index (κ2) is 8.32. The Labute approximate surface area is 89.1 Å². The molecular formula is C10H19F3N2. The third-order valence-corrected chi connectivity index (χ3v) is 1.00. The molecule has 0 aromatic carbocycles. The molecule has 0 fully saturated rings. The van der Waals surface area contributed by atoms with Crippen LogP contribution in [0.3, 0.4) is 0 Å². The van der Waals surface area contributed by atoms with Gasteiger partial charge >= 0.3 is 6.18 Å². The Morgan fingerprint density at radius 1 is 1.27 bits per heavy atom. The summed E-state index contributed by atoms with van der Waals surface area (Å²) in [6.07, 6.45) is -1.82. The Bertz CT molecular complexity index is 241. The Morgan fingerprint density at radius 3 is 1.80 bits per heavy atom. The molecule has 0 saturated heterocycles. The number of rotatable bonds is 0. The number of alkyl halides is 3. The summed E-state index contributed by atoms with van der Waals surface area (Å²) in [5, 5.41) is 3.17. The van der Waals surface area contributed by atoms with Crippen LogP contribution in [0, 0.1) is 0 Å². The molecule has 0 aliphatic rings. The summed E-state index contributed by atoms with van der Waals surface area (Å²) in [4.78, 5) is 0. The maximum Gasteiger partial charge on any atom is 0.435 e. The molecule has 15 heavy (non-hydrogen) atoms. The van der Waals surface area contributed by atoms with Gasteiger partial charge in [0.2, 0.25) is 0 Å². The number of hydrogen-bond donors (Lipinski definition) is 0. The van der Waals surface area contributed by atoms with Gasteiger partial charge in [0.1, 0.15) is 0 Å². The van der Waals surface area contributed by atoms with Crippen LogP contribution in [-0.4, -0.2) is 9.78 Å². The quantitative estimate of drug-likeness (QED) is 0.653. The summed E-state index contributed by atoms with van der Waals surface area (Å²) in [5.74, 6) is 0. The van der Waals surface area contributed by atoms with Crippen LogP contribution in [0.4, 0.5) is 13.2 Å². The van der Waals surface area contributed by atoms with Crippen molar-refractivity contribution < 1.29 is 13.2 Å². The molecule has 0 unspecified atom stereocenters. The zero-order valence-electron chi connectivity index (χ0n) is 9.89. The molecule has 0 saturated carbocycles. The molecule has 5 heteroatoms. The van der Waals surface area contributed by atoms with Crippen molar-refractivity contribution in [1.82, 2.24) is 9.78 Å². The third-order valence-electron chi connectivity index (χ3n) is 1.00. The predicted molar refractivity (Wildman–Crippen MR) is 55.5 cm³/mol. The van der Waals surface area contributed by atoms with E-state index in [1.165, 1.54) is 19.7 Å². The van der Waals surface area contributed by atoms with Gasteiger partial charge in [0.25, 0.3) is 0 Å². The number of aromatic nitrogens is 2. The maximum atomic E-state index is 11.7. The SMILES string of the molecule is CC.CCC.Cn1ccc(C(F)(F)F)n1. The summed E-state index contributed by atoms with van der Waals surface area (Å²) >= 11 is 0. The lowest BCUT2D eigenvalue weighted by molar-refractivity contribution is -0.141. The van der Waals surface area contributed by atoms with E-state index >= 15 is 0 Å². The standard InChI is InChI=1S/C5H5F3N2.C3H8.C2H6/c1-10-3-2-4(9-10)5(6,7)8;1-3-2;1-2/h2-3H,1H3;3H2,1-2H3;1-2H3. The second-order valence-corrected chi connectivity index (χ2v) is 2.58. The van der Waals surface area contributed by atoms with Crippen LogP contribution in [0.5, 0.6) is 0 Å². The predicted octanol–water partition coefficient (Wildman–Crippen LogP) is 3.88. The van der Waals surface area contributed by atoms with E-state index in [0.717, 1.165) is 10.7 Å². The molecule has 2 nitrogen and oxygen atoms in total. The Balaban J connectivity index is 0. The molecule has 0 aliphatic heterocycles. The van der Waals surface area contributed by atoms with E-state index in [9.17, 15) is 13.2 Å². The molecule has 1 heterocycles. The first-order chi connectivity index (χ1) is 6.91. The van der Waals surface area contributed by atoms with Gasteiger partial charge in [-0.25, -0.2) is 0 Å². The molecule has 1 rings (SSSR count). The van der Waals surface area contributed by atoms with E-state index in [2.05, 4.69) is 18.9 Å². The fraction of sp³-hybridized carbons (Fsp3) is 0.700. The number of halogens is 3. The van der Waals surface area contributed by atoms with Gasteiger partial charge in [0, 0.05) is 13.2 Å². The van der Waals surface area contributed by atoms with E-state index < -0.39 is 11.9 Å². The molecule has 0 amide bonds. The fourth-order valence-corrected chi connectivity index (χ4v) is 0.566. The van der Waals surface area contributed by atoms with Crippen molar-refractivity contribution in [2.75, 3.05) is 0 Å². The summed E-state index contributed by atoms with van der Waals surface area (Å²) in [7, 11) is 1.44. The molecular weight excluding hydrogens is 205 g/mol. The highest BCUT2D eigenvalue weighted by atomic mass is 19.4. The Morgan fingerprint density at radius 2 is 1.67 bits per heavy atom. The molecule has 0 aliphatic carbocycles. The van der Waals surface area contributed by atoms with Crippen LogP contribution in [0.2, 0.25) is 0 Å². The monoisotopic (exact) mass is 224 g/mol. The van der Waals surface area contributed by atoms with E-state index in [1.54, 1.807) is 0 Å². The molecule has 0 N–H and O–H groups in total. The first-order valence-electron chi connectivity index (χ1n) is 4.98. The van der Waals surface area contributed by atoms with E-state index in [4.69, 9.17) is 0 Å². The first kappa shape index (κ1) is 16.4. The number of hydrogen-bond acceptors (Lipinski definition) is 1. The van der Waals surface area contributed by atoms with Gasteiger partial charge in [-0.3, -0.25) is 4.68 Å². The fourth-order valence-electron chi connectivity index (χ4n) is 0.566. The zero-order valence-corrected chi connectivity index (χ0v) is 9.89. The van der Waals surface area contributed by atoms with Crippen molar-refractivity contribution in [3.05, 3.63) is 18.0 Å². The van der Waals surface area contributed by atoms with Crippen molar-refractivity contribution >= 4 is 0 Å². The van der Waals surface area contributed by atoms with Gasteiger partial charge in [-0.1, -0.05) is 34.1 Å². The van der Waals surface area contributed by atoms with E-state index in [-0.39, 0.29) is 0 Å². The number of nitrogens with zero attached hydrogens (tertiary/aromatic N) is 2. The van der Waals surface area contributed by atoms with Gasteiger partial charge in [-0.05, 0) is 6.07 Å². The van der Waals surface area contributed by atoms with Crippen LogP contribution >= 0.6 is 0 Å². The summed E-state index contributed by atoms with van der Waals surface area (Å²) < 4.78 is 36.3. The van der Waals surface area contributed by atoms with Gasteiger partial charge in [0.15, 0.2) is 5.69 Å². The lowest BCUT2D eigenvalue weighted by Gasteiger charge is -1.99. The van der Waals surface area contributed by atoms with Gasteiger partial charge in [-0.2, -0.15) is 18.3 Å². The largest absolute Gasteiger partial charge is 0.435 e. The molecule has 90 valence electrons. The topological polar surface area (TPSA) is 17.8 Å². The van der Waals surface area contributed by atoms with E-state index in [0.29, 0.717) is 0 Å². The molecule has 1 aromatic heterocycles. The van der Waals surface area contributed by atoms with Crippen molar-refractivity contribution in [3.8, 4) is 0 Å². The van der Waals surface area contributed by atoms with Crippen molar-refractivity contribution in [2.24, 2.45) is 7.05 Å². The average Bonchev–Trinajstić information content (AvgIpc) is 2.56. The van der Waals surface area contributed by atoms with Crippen LogP contribution in [0.25, 0.3) is 0 Å². The van der Waals surface area contributed by atoms with Gasteiger partial charge in [0.05, 0.1) is 0 Å². The molecule has 0 bridgehead atoms. The summed E-state index contributed by atoms with van der Waals surface area (Å²) in [6.45, 7) is 8.25. The molecule has 0 atom stereocenters. The molecule has 1 aromatic rings. The van der Waals surface area contributed by atoms with Crippen LogP contribution in [-0.2, 0) is 13.2 Å². The smallest absolute Gasteiger partial charge is 0.275 e. The average molecular weight is 224 g/mol. The first-order valence-corrected chi connectivity index (χ1v) is 4.98. The number of aryl methyl sites for hydroxylation is 1. The van der Waals surface area contributed by atoms with Gasteiger partial charge < -0.3 is 0 Å². The highest BCUT2D eigenvalue weighted by Gasteiger charge is 2.33. The lowest BCUT2D eigenvalue weighted by Crippen LogP contribution is -2.06. The van der Waals surface area contributed by atoms with Gasteiger partial charge in [-0.15, -0.1) is 0 Å². The normalized spacial score (nSPS) is 9.60. The third kappa shape index (κ3) is 8.03. The lowest BCUT2D eigenvalue weighted by atomic mass is 10.4. The van der Waals surface area contributed by atoms with Crippen molar-refractivity contribution in [3.63, 3.8) is 0 Å². The highest BCUT2D eigenvalue weighted by Crippen LogP contribution is 2.26. The van der Waals surface area contributed by atoms with Crippen LogP contribution in [0.15, 0.2) is 12.3 Å². The van der Waals surface area contributed by atoms with Crippen molar-refractivity contribution in [1.29, 1.82) is 0 Å². The summed E-state index contributed by atoms with van der Waals surface area (Å²) in [6, 6.07) is 0.931. The Hall–Kier alpha value is -1.00. The molecule has 0 spiro atoms. The molecule has 0 radical (unpaired) electrons.